The van der Waals surface area contributed by atoms with Crippen molar-refractivity contribution in [1.82, 2.24) is 9.38 Å². The lowest BCUT2D eigenvalue weighted by atomic mass is 10.3. The van der Waals surface area contributed by atoms with Gasteiger partial charge in [-0.25, -0.2) is 9.37 Å². The van der Waals surface area contributed by atoms with E-state index in [9.17, 15) is 8.60 Å². The van der Waals surface area contributed by atoms with Crippen LogP contribution in [-0.4, -0.2) is 13.6 Å². The maximum Gasteiger partial charge on any atom is 0.193 e. The molecule has 2 heterocycles. The Hall–Kier alpha value is -1.73. The topological polar surface area (TPSA) is 60.4 Å². The first-order valence-electron chi connectivity index (χ1n) is 5.48. The predicted octanol–water partition coefficient (Wildman–Crippen LogP) is 2.42. The van der Waals surface area contributed by atoms with Crippen molar-refractivity contribution in [2.45, 2.75) is 10.6 Å². The first-order chi connectivity index (χ1) is 9.13. The van der Waals surface area contributed by atoms with Crippen molar-refractivity contribution >= 4 is 32.8 Å². The van der Waals surface area contributed by atoms with Gasteiger partial charge in [-0.15, -0.1) is 11.3 Å². The summed E-state index contributed by atoms with van der Waals surface area (Å²) in [4.78, 5) is 5.62. The molecule has 0 amide bonds. The Balaban J connectivity index is 1.84. The molecule has 1 aromatic carbocycles. The highest BCUT2D eigenvalue weighted by molar-refractivity contribution is 7.84. The highest BCUT2D eigenvalue weighted by atomic mass is 32.2. The lowest BCUT2D eigenvalue weighted by Gasteiger charge is -2.02. The molecule has 0 saturated heterocycles. The number of nitrogens with two attached hydrogens (primary N) is 1. The lowest BCUT2D eigenvalue weighted by molar-refractivity contribution is 0.627. The number of imidazole rings is 1. The van der Waals surface area contributed by atoms with E-state index in [2.05, 4.69) is 4.98 Å². The third-order valence-corrected chi connectivity index (χ3v) is 4.77. The van der Waals surface area contributed by atoms with Crippen molar-refractivity contribution < 1.29 is 8.60 Å². The fourth-order valence-corrected chi connectivity index (χ4v) is 3.46. The van der Waals surface area contributed by atoms with Crippen LogP contribution in [0.25, 0.3) is 4.96 Å². The number of halogens is 1. The van der Waals surface area contributed by atoms with E-state index in [4.69, 9.17) is 5.73 Å². The molecule has 0 bridgehead atoms. The van der Waals surface area contributed by atoms with Crippen molar-refractivity contribution in [2.24, 2.45) is 0 Å². The van der Waals surface area contributed by atoms with Crippen molar-refractivity contribution in [2.75, 3.05) is 5.73 Å². The van der Waals surface area contributed by atoms with E-state index < -0.39 is 16.6 Å². The number of hydrogen-bond donors (Lipinski definition) is 1. The maximum absolute atomic E-state index is 13.3. The molecule has 7 heteroatoms. The van der Waals surface area contributed by atoms with Gasteiger partial charge in [0.1, 0.15) is 5.82 Å². The van der Waals surface area contributed by atoms with Gasteiger partial charge in [-0.05, 0) is 18.2 Å². The Morgan fingerprint density at radius 2 is 2.32 bits per heavy atom. The van der Waals surface area contributed by atoms with E-state index in [0.717, 1.165) is 10.7 Å². The second-order valence-corrected chi connectivity index (χ2v) is 6.32. The van der Waals surface area contributed by atoms with Gasteiger partial charge in [0.2, 0.25) is 0 Å². The standard InChI is InChI=1S/C12H10FN3OS2/c13-10-5-9(1-2-11(10)14)19(17)7-8-6-16-3-4-18-12(16)15-8/h1-6H,7,14H2. The van der Waals surface area contributed by atoms with Gasteiger partial charge >= 0.3 is 0 Å². The summed E-state index contributed by atoms with van der Waals surface area (Å²) < 4.78 is 27.3. The normalized spacial score (nSPS) is 12.9. The van der Waals surface area contributed by atoms with E-state index in [1.807, 2.05) is 22.2 Å². The van der Waals surface area contributed by atoms with E-state index in [1.54, 1.807) is 6.07 Å². The summed E-state index contributed by atoms with van der Waals surface area (Å²) in [6.45, 7) is 0. The van der Waals surface area contributed by atoms with E-state index in [1.165, 1.54) is 23.5 Å². The first kappa shape index (κ1) is 12.3. The van der Waals surface area contributed by atoms with Crippen molar-refractivity contribution in [3.05, 3.63) is 47.5 Å². The zero-order valence-electron chi connectivity index (χ0n) is 9.75. The Morgan fingerprint density at radius 3 is 3.05 bits per heavy atom. The van der Waals surface area contributed by atoms with E-state index in [-0.39, 0.29) is 11.4 Å². The van der Waals surface area contributed by atoms with Gasteiger partial charge in [0.15, 0.2) is 4.96 Å². The number of thiazole rings is 1. The monoisotopic (exact) mass is 295 g/mol. The van der Waals surface area contributed by atoms with Crippen LogP contribution in [0.5, 0.6) is 0 Å². The number of hydrogen-bond acceptors (Lipinski definition) is 4. The summed E-state index contributed by atoms with van der Waals surface area (Å²) >= 11 is 1.51. The molecule has 19 heavy (non-hydrogen) atoms. The van der Waals surface area contributed by atoms with Crippen LogP contribution in [0.1, 0.15) is 5.69 Å². The van der Waals surface area contributed by atoms with Gasteiger partial charge < -0.3 is 5.73 Å². The van der Waals surface area contributed by atoms with E-state index >= 15 is 0 Å². The van der Waals surface area contributed by atoms with Crippen LogP contribution in [0.3, 0.4) is 0 Å². The lowest BCUT2D eigenvalue weighted by Crippen LogP contribution is -1.99. The number of rotatable bonds is 3. The second-order valence-electron chi connectivity index (χ2n) is 4.00. The summed E-state index contributed by atoms with van der Waals surface area (Å²) in [5.41, 5.74) is 6.17. The van der Waals surface area contributed by atoms with Crippen LogP contribution in [-0.2, 0) is 16.6 Å². The number of aromatic nitrogens is 2. The zero-order valence-corrected chi connectivity index (χ0v) is 11.4. The van der Waals surface area contributed by atoms with Crippen LogP contribution in [0.15, 0.2) is 40.9 Å². The third-order valence-electron chi connectivity index (χ3n) is 2.66. The van der Waals surface area contributed by atoms with Gasteiger partial charge in [0.05, 0.1) is 27.9 Å². The highest BCUT2D eigenvalue weighted by Gasteiger charge is 2.11. The molecule has 2 N–H and O–H groups in total. The molecule has 0 radical (unpaired) electrons. The van der Waals surface area contributed by atoms with Crippen LogP contribution < -0.4 is 5.73 Å². The number of nitrogen functional groups attached to an aromatic ring is 1. The minimum Gasteiger partial charge on any atom is -0.396 e. The van der Waals surface area contributed by atoms with Crippen molar-refractivity contribution in [1.29, 1.82) is 0 Å². The second kappa shape index (κ2) is 4.75. The van der Waals surface area contributed by atoms with Crippen molar-refractivity contribution in [3.8, 4) is 0 Å². The van der Waals surface area contributed by atoms with Gasteiger partial charge in [-0.2, -0.15) is 0 Å². The molecule has 0 aliphatic carbocycles. The third kappa shape index (κ3) is 2.39. The molecule has 0 fully saturated rings. The molecule has 98 valence electrons. The smallest absolute Gasteiger partial charge is 0.193 e. The number of nitrogens with zero attached hydrogens (tertiary/aromatic N) is 2. The van der Waals surface area contributed by atoms with Gasteiger partial charge in [0, 0.05) is 22.7 Å². The average Bonchev–Trinajstić information content (AvgIpc) is 2.93. The fraction of sp³-hybridized carbons (Fsp3) is 0.0833. The zero-order chi connectivity index (χ0) is 13.4. The van der Waals surface area contributed by atoms with Crippen LogP contribution >= 0.6 is 11.3 Å². The summed E-state index contributed by atoms with van der Waals surface area (Å²) in [6.07, 6.45) is 3.72. The summed E-state index contributed by atoms with van der Waals surface area (Å²) in [7, 11) is -1.33. The van der Waals surface area contributed by atoms with Gasteiger partial charge in [-0.3, -0.25) is 8.61 Å². The van der Waals surface area contributed by atoms with Gasteiger partial charge in [-0.1, -0.05) is 0 Å². The molecule has 0 aliphatic rings. The Kier molecular flexibility index (Phi) is 3.08. The Morgan fingerprint density at radius 1 is 1.47 bits per heavy atom. The maximum atomic E-state index is 13.3. The van der Waals surface area contributed by atoms with Crippen LogP contribution in [0.4, 0.5) is 10.1 Å². The average molecular weight is 295 g/mol. The molecule has 4 nitrogen and oxygen atoms in total. The summed E-state index contributed by atoms with van der Waals surface area (Å²) in [6, 6.07) is 4.21. The number of anilines is 1. The molecular formula is C12H10FN3OS2. The Labute approximate surface area is 115 Å². The SMILES string of the molecule is Nc1ccc(S(=O)Cc2cn3ccsc3n2)cc1F. The molecule has 0 aliphatic heterocycles. The number of fused-ring (bicyclic) bond motifs is 1. The summed E-state index contributed by atoms with van der Waals surface area (Å²) in [5.74, 6) is -0.283. The van der Waals surface area contributed by atoms with Crippen LogP contribution in [0, 0.1) is 5.82 Å². The van der Waals surface area contributed by atoms with E-state index in [0.29, 0.717) is 4.90 Å². The quantitative estimate of drug-likeness (QED) is 0.755. The first-order valence-corrected chi connectivity index (χ1v) is 7.68. The predicted molar refractivity (Wildman–Crippen MR) is 74.0 cm³/mol. The fourth-order valence-electron chi connectivity index (χ4n) is 1.71. The molecule has 1 atom stereocenters. The van der Waals surface area contributed by atoms with Crippen LogP contribution in [0.2, 0.25) is 0 Å². The largest absolute Gasteiger partial charge is 0.396 e. The molecule has 1 unspecified atom stereocenters. The Bertz CT molecular complexity index is 737. The molecule has 2 aromatic heterocycles. The highest BCUT2D eigenvalue weighted by Crippen LogP contribution is 2.18. The summed E-state index contributed by atoms with van der Waals surface area (Å²) in [5, 5.41) is 1.93. The van der Waals surface area contributed by atoms with Crippen molar-refractivity contribution in [3.63, 3.8) is 0 Å². The molecular weight excluding hydrogens is 285 g/mol. The minimum atomic E-state index is -1.33. The van der Waals surface area contributed by atoms with Gasteiger partial charge in [0.25, 0.3) is 0 Å². The minimum absolute atomic E-state index is 0.0586. The molecule has 3 rings (SSSR count). The molecule has 0 spiro atoms. The molecule has 3 aromatic rings. The number of benzene rings is 1. The molecule has 0 saturated carbocycles.